The fraction of sp³-hybridized carbons (Fsp3) is 0.560. The van der Waals surface area contributed by atoms with E-state index in [2.05, 4.69) is 33.0 Å². The molecule has 0 unspecified atom stereocenters. The summed E-state index contributed by atoms with van der Waals surface area (Å²) in [4.78, 5) is 32.6. The average Bonchev–Trinajstić information content (AvgIpc) is 3.30. The van der Waals surface area contributed by atoms with Crippen LogP contribution >= 0.6 is 15.9 Å². The van der Waals surface area contributed by atoms with Gasteiger partial charge in [-0.2, -0.15) is 5.10 Å². The summed E-state index contributed by atoms with van der Waals surface area (Å²) in [7, 11) is 2.08. The molecule has 0 saturated carbocycles. The Bertz CT molecular complexity index is 1000. The van der Waals surface area contributed by atoms with E-state index in [1.54, 1.807) is 16.9 Å². The van der Waals surface area contributed by atoms with Crippen molar-refractivity contribution in [1.29, 1.82) is 0 Å². The van der Waals surface area contributed by atoms with Crippen molar-refractivity contribution in [2.45, 2.75) is 38.8 Å². The van der Waals surface area contributed by atoms with Crippen LogP contribution in [0.1, 0.15) is 43.2 Å². The van der Waals surface area contributed by atoms with Gasteiger partial charge in [-0.25, -0.2) is 0 Å². The van der Waals surface area contributed by atoms with Crippen molar-refractivity contribution in [2.75, 3.05) is 46.3 Å². The van der Waals surface area contributed by atoms with Crippen LogP contribution in [0, 0.1) is 5.92 Å². The molecule has 0 spiro atoms. The first-order chi connectivity index (χ1) is 16.3. The molecule has 2 fully saturated rings. The highest BCUT2D eigenvalue weighted by atomic mass is 79.9. The quantitative estimate of drug-likeness (QED) is 0.571. The van der Waals surface area contributed by atoms with E-state index in [-0.39, 0.29) is 29.9 Å². The predicted molar refractivity (Wildman–Crippen MR) is 134 cm³/mol. The SMILES string of the molecule is CC(C)n1nccc1C(=O)N1CC[C@H](Oc2cccc(Br)c2)[C@@H](CC(=O)N2CCN(C)CC2)C1. The van der Waals surface area contributed by atoms with Crippen LogP contribution < -0.4 is 4.74 Å². The van der Waals surface area contributed by atoms with Gasteiger partial charge >= 0.3 is 0 Å². The van der Waals surface area contributed by atoms with Gasteiger partial charge in [-0.05, 0) is 45.2 Å². The van der Waals surface area contributed by atoms with Crippen molar-refractivity contribution >= 4 is 27.7 Å². The largest absolute Gasteiger partial charge is 0.490 e. The van der Waals surface area contributed by atoms with E-state index in [1.165, 1.54) is 0 Å². The Hall–Kier alpha value is -2.39. The lowest BCUT2D eigenvalue weighted by Gasteiger charge is -2.40. The number of nitrogens with zero attached hydrogens (tertiary/aromatic N) is 5. The molecule has 2 aliphatic rings. The molecule has 1 aromatic heterocycles. The summed E-state index contributed by atoms with van der Waals surface area (Å²) in [5.74, 6) is 0.792. The topological polar surface area (TPSA) is 70.9 Å². The zero-order valence-corrected chi connectivity index (χ0v) is 21.8. The molecule has 2 aromatic rings. The number of benzene rings is 1. The molecule has 2 amide bonds. The lowest BCUT2D eigenvalue weighted by Crippen LogP contribution is -2.51. The highest BCUT2D eigenvalue weighted by molar-refractivity contribution is 9.10. The van der Waals surface area contributed by atoms with Crippen molar-refractivity contribution in [3.63, 3.8) is 0 Å². The monoisotopic (exact) mass is 531 g/mol. The highest BCUT2D eigenvalue weighted by Gasteiger charge is 2.36. The first-order valence-corrected chi connectivity index (χ1v) is 12.8. The zero-order chi connectivity index (χ0) is 24.2. The number of piperidine rings is 1. The molecule has 184 valence electrons. The fourth-order valence-corrected chi connectivity index (χ4v) is 5.11. The number of likely N-dealkylation sites (tertiary alicyclic amines) is 1. The van der Waals surface area contributed by atoms with Crippen molar-refractivity contribution in [3.8, 4) is 5.75 Å². The van der Waals surface area contributed by atoms with Gasteiger partial charge in [0.05, 0.1) is 0 Å². The molecule has 0 radical (unpaired) electrons. The number of carbonyl (C=O) groups excluding carboxylic acids is 2. The minimum atomic E-state index is -0.134. The predicted octanol–water partition coefficient (Wildman–Crippen LogP) is 3.30. The van der Waals surface area contributed by atoms with E-state index >= 15 is 0 Å². The Balaban J connectivity index is 1.50. The third kappa shape index (κ3) is 5.81. The third-order valence-electron chi connectivity index (χ3n) is 6.71. The van der Waals surface area contributed by atoms with Crippen LogP contribution in [0.3, 0.4) is 0 Å². The van der Waals surface area contributed by atoms with E-state index in [0.717, 1.165) is 36.4 Å². The van der Waals surface area contributed by atoms with E-state index in [1.807, 2.05) is 47.9 Å². The molecule has 0 bridgehead atoms. The van der Waals surface area contributed by atoms with E-state index in [9.17, 15) is 9.59 Å². The lowest BCUT2D eigenvalue weighted by molar-refractivity contribution is -0.135. The number of aromatic nitrogens is 2. The number of rotatable bonds is 6. The average molecular weight is 532 g/mol. The number of ether oxygens (including phenoxy) is 1. The standard InChI is InChI=1S/C25H34BrN5O3/c1-18(2)31-22(7-9-27-31)25(33)30-10-8-23(34-21-6-4-5-20(26)16-21)19(17-30)15-24(32)29-13-11-28(3)12-14-29/h4-7,9,16,18-19,23H,8,10-15,17H2,1-3H3/t19-,23-/m0/s1. The van der Waals surface area contributed by atoms with Crippen LogP contribution in [-0.2, 0) is 4.79 Å². The van der Waals surface area contributed by atoms with Gasteiger partial charge in [-0.15, -0.1) is 0 Å². The molecule has 0 N–H and O–H groups in total. The van der Waals surface area contributed by atoms with Gasteiger partial charge in [-0.1, -0.05) is 22.0 Å². The number of hydrogen-bond donors (Lipinski definition) is 0. The summed E-state index contributed by atoms with van der Waals surface area (Å²) in [5, 5.41) is 4.32. The van der Waals surface area contributed by atoms with Crippen molar-refractivity contribution in [3.05, 3.63) is 46.7 Å². The third-order valence-corrected chi connectivity index (χ3v) is 7.20. The Morgan fingerprint density at radius 2 is 1.88 bits per heavy atom. The molecular weight excluding hydrogens is 498 g/mol. The molecule has 4 rings (SSSR count). The van der Waals surface area contributed by atoms with E-state index < -0.39 is 0 Å². The highest BCUT2D eigenvalue weighted by Crippen LogP contribution is 2.29. The molecule has 0 aliphatic carbocycles. The summed E-state index contributed by atoms with van der Waals surface area (Å²) in [6, 6.07) is 9.65. The van der Waals surface area contributed by atoms with Gasteiger partial charge in [0, 0.05) is 74.7 Å². The zero-order valence-electron chi connectivity index (χ0n) is 20.2. The summed E-state index contributed by atoms with van der Waals surface area (Å²) in [5.41, 5.74) is 0.588. The molecule has 1 aromatic carbocycles. The molecule has 3 heterocycles. The summed E-state index contributed by atoms with van der Waals surface area (Å²) in [6.45, 7) is 8.36. The second-order valence-corrected chi connectivity index (χ2v) is 10.5. The van der Waals surface area contributed by atoms with Gasteiger partial charge in [0.25, 0.3) is 5.91 Å². The van der Waals surface area contributed by atoms with Gasteiger partial charge < -0.3 is 19.4 Å². The van der Waals surface area contributed by atoms with E-state index in [0.29, 0.717) is 31.6 Å². The number of likely N-dealkylation sites (N-methyl/N-ethyl adjacent to an activating group) is 1. The van der Waals surface area contributed by atoms with Gasteiger partial charge in [0.1, 0.15) is 17.5 Å². The number of hydrogen-bond acceptors (Lipinski definition) is 5. The van der Waals surface area contributed by atoms with Crippen LogP contribution in [0.15, 0.2) is 41.0 Å². The van der Waals surface area contributed by atoms with Crippen LogP contribution in [0.2, 0.25) is 0 Å². The maximum atomic E-state index is 13.4. The normalized spacial score (nSPS) is 21.7. The second kappa shape index (κ2) is 10.9. The van der Waals surface area contributed by atoms with Crippen molar-refractivity contribution in [2.24, 2.45) is 5.92 Å². The van der Waals surface area contributed by atoms with Crippen molar-refractivity contribution < 1.29 is 14.3 Å². The molecule has 2 atom stereocenters. The molecule has 9 heteroatoms. The number of carbonyl (C=O) groups is 2. The Morgan fingerprint density at radius 1 is 1.12 bits per heavy atom. The molecule has 8 nitrogen and oxygen atoms in total. The first kappa shape index (κ1) is 24.7. The molecular formula is C25H34BrN5O3. The molecule has 2 saturated heterocycles. The van der Waals surface area contributed by atoms with Gasteiger partial charge in [-0.3, -0.25) is 14.3 Å². The van der Waals surface area contributed by atoms with Crippen LogP contribution in [0.4, 0.5) is 0 Å². The number of piperazine rings is 1. The van der Waals surface area contributed by atoms with Crippen LogP contribution in [0.25, 0.3) is 0 Å². The van der Waals surface area contributed by atoms with Crippen LogP contribution in [0.5, 0.6) is 5.75 Å². The molecule has 2 aliphatic heterocycles. The summed E-state index contributed by atoms with van der Waals surface area (Å²) in [6.07, 6.45) is 2.58. The molecule has 34 heavy (non-hydrogen) atoms. The van der Waals surface area contributed by atoms with Gasteiger partial charge in [0.15, 0.2) is 0 Å². The summed E-state index contributed by atoms with van der Waals surface area (Å²) >= 11 is 3.50. The maximum absolute atomic E-state index is 13.4. The first-order valence-electron chi connectivity index (χ1n) is 12.0. The summed E-state index contributed by atoms with van der Waals surface area (Å²) < 4.78 is 9.08. The van der Waals surface area contributed by atoms with E-state index in [4.69, 9.17) is 4.74 Å². The number of halogens is 1. The Kier molecular flexibility index (Phi) is 7.93. The van der Waals surface area contributed by atoms with Gasteiger partial charge in [0.2, 0.25) is 5.91 Å². The maximum Gasteiger partial charge on any atom is 0.272 e. The number of amides is 2. The minimum absolute atomic E-state index is 0.0378. The lowest BCUT2D eigenvalue weighted by atomic mass is 9.90. The Morgan fingerprint density at radius 3 is 2.59 bits per heavy atom. The minimum Gasteiger partial charge on any atom is -0.490 e. The van der Waals surface area contributed by atoms with Crippen LogP contribution in [-0.4, -0.2) is 88.7 Å². The smallest absolute Gasteiger partial charge is 0.272 e. The fourth-order valence-electron chi connectivity index (χ4n) is 4.73. The second-order valence-electron chi connectivity index (χ2n) is 9.56. The van der Waals surface area contributed by atoms with Crippen molar-refractivity contribution in [1.82, 2.24) is 24.5 Å². The Labute approximate surface area is 210 Å².